The topological polar surface area (TPSA) is 41.9 Å². The van der Waals surface area contributed by atoms with Crippen LogP contribution in [0.25, 0.3) is 0 Å². The molecule has 1 aromatic carbocycles. The summed E-state index contributed by atoms with van der Waals surface area (Å²) >= 11 is 0. The van der Waals surface area contributed by atoms with Crippen molar-refractivity contribution in [3.05, 3.63) is 29.8 Å². The van der Waals surface area contributed by atoms with Crippen molar-refractivity contribution in [3.8, 4) is 5.75 Å². The maximum absolute atomic E-state index is 9.43. The van der Waals surface area contributed by atoms with Gasteiger partial charge in [-0.3, -0.25) is 4.90 Å². The molecule has 0 radical (unpaired) electrons. The standard InChI is InChI=1S/C21H39NO3Si/c1-17(2)26(18(3)4,19(5)6)25-15-13-22(12-14-23)16-20-8-10-21(24-7)11-9-20/h8-11,17-19,23H,12-16H2,1-7H3. The molecule has 0 aliphatic rings. The van der Waals surface area contributed by atoms with Crippen LogP contribution in [0.3, 0.4) is 0 Å². The minimum atomic E-state index is -1.83. The number of aliphatic hydroxyl groups excluding tert-OH is 1. The lowest BCUT2D eigenvalue weighted by Gasteiger charge is -2.42. The second-order valence-corrected chi connectivity index (χ2v) is 13.5. The summed E-state index contributed by atoms with van der Waals surface area (Å²) in [6.07, 6.45) is 0. The maximum Gasteiger partial charge on any atom is 0.200 e. The smallest absolute Gasteiger partial charge is 0.200 e. The predicted molar refractivity (Wildman–Crippen MR) is 112 cm³/mol. The van der Waals surface area contributed by atoms with Gasteiger partial charge in [-0.2, -0.15) is 0 Å². The molecule has 0 saturated carbocycles. The van der Waals surface area contributed by atoms with Crippen LogP contribution in [0.15, 0.2) is 24.3 Å². The van der Waals surface area contributed by atoms with E-state index in [1.165, 1.54) is 5.56 Å². The average molecular weight is 382 g/mol. The summed E-state index contributed by atoms with van der Waals surface area (Å²) in [6.45, 7) is 17.1. The molecule has 4 nitrogen and oxygen atoms in total. The second kappa shape index (κ2) is 11.1. The summed E-state index contributed by atoms with van der Waals surface area (Å²) in [5.41, 5.74) is 3.00. The van der Waals surface area contributed by atoms with Gasteiger partial charge in [-0.05, 0) is 34.3 Å². The van der Waals surface area contributed by atoms with Gasteiger partial charge in [-0.25, -0.2) is 0 Å². The molecule has 1 N–H and O–H groups in total. The summed E-state index contributed by atoms with van der Waals surface area (Å²) in [4.78, 5) is 2.27. The number of benzene rings is 1. The van der Waals surface area contributed by atoms with E-state index in [1.807, 2.05) is 12.1 Å². The Morgan fingerprint density at radius 2 is 1.46 bits per heavy atom. The van der Waals surface area contributed by atoms with E-state index >= 15 is 0 Å². The fraction of sp³-hybridized carbons (Fsp3) is 0.714. The van der Waals surface area contributed by atoms with Gasteiger partial charge in [0.25, 0.3) is 0 Å². The molecule has 0 aliphatic carbocycles. The van der Waals surface area contributed by atoms with Gasteiger partial charge >= 0.3 is 0 Å². The Kier molecular flexibility index (Phi) is 9.86. The molecule has 0 aromatic heterocycles. The first kappa shape index (κ1) is 23.2. The third kappa shape index (κ3) is 6.08. The highest BCUT2D eigenvalue weighted by Gasteiger charge is 2.44. The van der Waals surface area contributed by atoms with Gasteiger partial charge in [0.2, 0.25) is 0 Å². The van der Waals surface area contributed by atoms with Gasteiger partial charge in [0.1, 0.15) is 5.75 Å². The highest BCUT2D eigenvalue weighted by Crippen LogP contribution is 2.42. The summed E-state index contributed by atoms with van der Waals surface area (Å²) in [5.74, 6) is 0.868. The Labute approximate surface area is 161 Å². The van der Waals surface area contributed by atoms with Gasteiger partial charge in [0, 0.05) is 26.2 Å². The van der Waals surface area contributed by atoms with Gasteiger partial charge < -0.3 is 14.3 Å². The largest absolute Gasteiger partial charge is 0.497 e. The van der Waals surface area contributed by atoms with E-state index in [4.69, 9.17) is 9.16 Å². The molecule has 0 fully saturated rings. The summed E-state index contributed by atoms with van der Waals surface area (Å²) < 4.78 is 11.9. The van der Waals surface area contributed by atoms with Crippen LogP contribution in [0.5, 0.6) is 5.75 Å². The normalized spacial score (nSPS) is 12.6. The van der Waals surface area contributed by atoms with Crippen LogP contribution in [-0.4, -0.2) is 51.7 Å². The van der Waals surface area contributed by atoms with Crippen LogP contribution in [0.4, 0.5) is 0 Å². The van der Waals surface area contributed by atoms with Crippen molar-refractivity contribution in [3.63, 3.8) is 0 Å². The number of aliphatic hydroxyl groups is 1. The van der Waals surface area contributed by atoms with Gasteiger partial charge in [0.05, 0.1) is 13.7 Å². The van der Waals surface area contributed by atoms with Crippen LogP contribution in [0, 0.1) is 0 Å². The minimum absolute atomic E-state index is 0.164. The number of ether oxygens (including phenoxy) is 1. The van der Waals surface area contributed by atoms with E-state index in [9.17, 15) is 5.11 Å². The first-order valence-corrected chi connectivity index (χ1v) is 12.0. The van der Waals surface area contributed by atoms with Gasteiger partial charge in [-0.1, -0.05) is 53.7 Å². The Morgan fingerprint density at radius 1 is 0.923 bits per heavy atom. The summed E-state index contributed by atoms with van der Waals surface area (Å²) in [7, 11) is -0.148. The van der Waals surface area contributed by atoms with Crippen molar-refractivity contribution in [1.82, 2.24) is 4.90 Å². The van der Waals surface area contributed by atoms with Crippen LogP contribution in [0.2, 0.25) is 16.6 Å². The lowest BCUT2D eigenvalue weighted by Crippen LogP contribution is -2.49. The molecule has 1 aromatic rings. The van der Waals surface area contributed by atoms with Crippen molar-refractivity contribution in [2.24, 2.45) is 0 Å². The predicted octanol–water partition coefficient (Wildman–Crippen LogP) is 4.68. The molecule has 0 aliphatic heterocycles. The maximum atomic E-state index is 9.43. The van der Waals surface area contributed by atoms with Crippen LogP contribution < -0.4 is 4.74 Å². The lowest BCUT2D eigenvalue weighted by atomic mass is 10.2. The fourth-order valence-electron chi connectivity index (χ4n) is 4.25. The SMILES string of the molecule is COc1ccc(CN(CCO)CCO[Si](C(C)C)(C(C)C)C(C)C)cc1. The number of hydrogen-bond acceptors (Lipinski definition) is 4. The van der Waals surface area contributed by atoms with E-state index in [0.29, 0.717) is 23.2 Å². The van der Waals surface area contributed by atoms with E-state index in [-0.39, 0.29) is 6.61 Å². The molecule has 1 rings (SSSR count). The summed E-state index contributed by atoms with van der Waals surface area (Å²) in [5, 5.41) is 9.43. The molecule has 0 unspecified atom stereocenters. The Morgan fingerprint density at radius 3 is 1.88 bits per heavy atom. The quantitative estimate of drug-likeness (QED) is 0.534. The fourth-order valence-corrected chi connectivity index (χ4v) is 9.70. The molecule has 0 bridgehead atoms. The van der Waals surface area contributed by atoms with Crippen molar-refractivity contribution in [2.45, 2.75) is 64.7 Å². The van der Waals surface area contributed by atoms with E-state index in [2.05, 4.69) is 58.6 Å². The monoisotopic (exact) mass is 381 g/mol. The van der Waals surface area contributed by atoms with Gasteiger partial charge in [-0.15, -0.1) is 0 Å². The molecular weight excluding hydrogens is 342 g/mol. The Hall–Kier alpha value is -0.883. The zero-order chi connectivity index (χ0) is 19.7. The third-order valence-electron chi connectivity index (χ3n) is 5.45. The van der Waals surface area contributed by atoms with Crippen molar-refractivity contribution in [1.29, 1.82) is 0 Å². The molecule has 5 heteroatoms. The van der Waals surface area contributed by atoms with Crippen molar-refractivity contribution >= 4 is 8.32 Å². The molecule has 150 valence electrons. The highest BCUT2D eigenvalue weighted by atomic mass is 28.4. The molecule has 0 atom stereocenters. The number of methoxy groups -OCH3 is 1. The first-order valence-electron chi connectivity index (χ1n) is 9.88. The van der Waals surface area contributed by atoms with Crippen molar-refractivity contribution in [2.75, 3.05) is 33.4 Å². The zero-order valence-electron chi connectivity index (χ0n) is 17.8. The Balaban J connectivity index is 2.71. The van der Waals surface area contributed by atoms with E-state index in [1.54, 1.807) is 7.11 Å². The first-order chi connectivity index (χ1) is 12.3. The Bertz CT molecular complexity index is 481. The lowest BCUT2D eigenvalue weighted by molar-refractivity contribution is 0.156. The molecule has 0 spiro atoms. The molecular formula is C21H39NO3Si. The average Bonchev–Trinajstić information content (AvgIpc) is 2.58. The van der Waals surface area contributed by atoms with Crippen molar-refractivity contribution < 1.29 is 14.3 Å². The highest BCUT2D eigenvalue weighted by molar-refractivity contribution is 6.77. The third-order valence-corrected chi connectivity index (χ3v) is 11.6. The van der Waals surface area contributed by atoms with E-state index < -0.39 is 8.32 Å². The summed E-state index contributed by atoms with van der Waals surface area (Å²) in [6, 6.07) is 8.13. The number of hydrogen-bond donors (Lipinski definition) is 1. The zero-order valence-corrected chi connectivity index (χ0v) is 18.8. The second-order valence-electron chi connectivity index (χ2n) is 8.01. The van der Waals surface area contributed by atoms with Gasteiger partial charge in [0.15, 0.2) is 8.32 Å². The number of nitrogens with zero attached hydrogens (tertiary/aromatic N) is 1. The van der Waals surface area contributed by atoms with Crippen LogP contribution >= 0.6 is 0 Å². The van der Waals surface area contributed by atoms with E-state index in [0.717, 1.165) is 25.4 Å². The van der Waals surface area contributed by atoms with Crippen LogP contribution in [-0.2, 0) is 11.0 Å². The molecule has 26 heavy (non-hydrogen) atoms. The molecule has 0 saturated heterocycles. The van der Waals surface area contributed by atoms with Crippen LogP contribution in [0.1, 0.15) is 47.1 Å². The molecule has 0 amide bonds. The number of rotatable bonds is 12. The molecule has 0 heterocycles. The minimum Gasteiger partial charge on any atom is -0.497 e.